The van der Waals surface area contributed by atoms with E-state index in [9.17, 15) is 8.78 Å². The van der Waals surface area contributed by atoms with Crippen LogP contribution in [0.5, 0.6) is 0 Å². The second-order valence-electron chi connectivity index (χ2n) is 6.23. The highest BCUT2D eigenvalue weighted by atomic mass is 19.3. The quantitative estimate of drug-likeness (QED) is 0.444. The van der Waals surface area contributed by atoms with Crippen LogP contribution < -0.4 is 5.32 Å². The maximum atomic E-state index is 13.9. The summed E-state index contributed by atoms with van der Waals surface area (Å²) in [5.74, 6) is -2.20. The average Bonchev–Trinajstić information content (AvgIpc) is 3.19. The molecule has 0 aliphatic heterocycles. The van der Waals surface area contributed by atoms with Crippen LogP contribution in [-0.2, 0) is 18.9 Å². The fourth-order valence-electron chi connectivity index (χ4n) is 2.74. The highest BCUT2D eigenvalue weighted by Gasteiger charge is 2.29. The van der Waals surface area contributed by atoms with Crippen molar-refractivity contribution in [3.8, 4) is 11.1 Å². The first-order chi connectivity index (χ1) is 13.1. The molecule has 0 fully saturated rings. The molecule has 3 rings (SSSR count). The number of allylic oxidation sites excluding steroid dienone is 1. The number of nitrogens with one attached hydrogen (secondary N) is 2. The second-order valence-corrected chi connectivity index (χ2v) is 6.23. The molecule has 140 valence electrons. The molecule has 0 saturated heterocycles. The van der Waals surface area contributed by atoms with E-state index in [0.29, 0.717) is 12.2 Å². The van der Waals surface area contributed by atoms with Gasteiger partial charge in [-0.15, -0.1) is 16.8 Å². The minimum Gasteiger partial charge on any atom is -0.312 e. The third kappa shape index (κ3) is 5.04. The Hall–Kier alpha value is -2.93. The Kier molecular flexibility index (Phi) is 6.03. The highest BCUT2D eigenvalue weighted by Crippen LogP contribution is 2.33. The summed E-state index contributed by atoms with van der Waals surface area (Å²) in [6.45, 7) is 4.87. The van der Waals surface area contributed by atoms with Gasteiger partial charge in [0, 0.05) is 31.5 Å². The molecule has 0 bridgehead atoms. The van der Waals surface area contributed by atoms with Crippen LogP contribution in [0.2, 0.25) is 0 Å². The molecule has 0 aliphatic rings. The number of hydrogen-bond donors (Lipinski definition) is 2. The molecule has 1 heterocycles. The largest absolute Gasteiger partial charge is 0.312 e. The normalized spacial score (nSPS) is 11.5. The Morgan fingerprint density at radius 3 is 2.30 bits per heavy atom. The standard InChI is InChI=1S/C20H21F2N5/c1-2-12-20(21,22)18-9-7-17(8-10-18)16-5-3-15(4-6-16)14-23-13-11-19-24-26-27-25-19/h2-10,23H,1,11-14H2,(H,24,25,26,27). The van der Waals surface area contributed by atoms with Crippen LogP contribution in [0, 0.1) is 0 Å². The molecule has 0 spiro atoms. The van der Waals surface area contributed by atoms with Crippen molar-refractivity contribution in [3.63, 3.8) is 0 Å². The lowest BCUT2D eigenvalue weighted by atomic mass is 9.99. The molecule has 27 heavy (non-hydrogen) atoms. The molecule has 0 atom stereocenters. The molecule has 2 aromatic carbocycles. The molecule has 0 unspecified atom stereocenters. The molecule has 3 aromatic rings. The van der Waals surface area contributed by atoms with Gasteiger partial charge >= 0.3 is 0 Å². The number of benzene rings is 2. The van der Waals surface area contributed by atoms with Gasteiger partial charge in [-0.3, -0.25) is 0 Å². The first kappa shape index (κ1) is 18.8. The summed E-state index contributed by atoms with van der Waals surface area (Å²) in [6, 6.07) is 14.4. The van der Waals surface area contributed by atoms with Gasteiger partial charge in [-0.25, -0.2) is 8.78 Å². The second kappa shape index (κ2) is 8.64. The van der Waals surface area contributed by atoms with Gasteiger partial charge in [0.1, 0.15) is 0 Å². The number of aromatic nitrogens is 4. The molecule has 2 N–H and O–H groups in total. The number of nitrogens with zero attached hydrogens (tertiary/aromatic N) is 3. The molecule has 0 radical (unpaired) electrons. The van der Waals surface area contributed by atoms with Gasteiger partial charge in [-0.2, -0.15) is 5.21 Å². The van der Waals surface area contributed by atoms with E-state index in [2.05, 4.69) is 32.5 Å². The lowest BCUT2D eigenvalue weighted by Gasteiger charge is -2.15. The van der Waals surface area contributed by atoms with Crippen molar-refractivity contribution < 1.29 is 8.78 Å². The Labute approximate surface area is 156 Å². The molecule has 7 heteroatoms. The first-order valence-corrected chi connectivity index (χ1v) is 8.70. The van der Waals surface area contributed by atoms with Gasteiger partial charge in [0.2, 0.25) is 0 Å². The van der Waals surface area contributed by atoms with Crippen LogP contribution in [0.4, 0.5) is 8.78 Å². The minimum absolute atomic E-state index is 0.00794. The van der Waals surface area contributed by atoms with Crippen molar-refractivity contribution in [3.05, 3.63) is 78.1 Å². The monoisotopic (exact) mass is 369 g/mol. The zero-order valence-corrected chi connectivity index (χ0v) is 14.8. The number of tetrazole rings is 1. The summed E-state index contributed by atoms with van der Waals surface area (Å²) < 4.78 is 27.8. The van der Waals surface area contributed by atoms with Crippen LogP contribution in [-0.4, -0.2) is 27.2 Å². The summed E-state index contributed by atoms with van der Waals surface area (Å²) >= 11 is 0. The number of halogens is 2. The summed E-state index contributed by atoms with van der Waals surface area (Å²) in [4.78, 5) is 0. The molecule has 0 saturated carbocycles. The van der Waals surface area contributed by atoms with Gasteiger partial charge < -0.3 is 5.32 Å². The summed E-state index contributed by atoms with van der Waals surface area (Å²) in [6.07, 6.45) is 1.58. The number of H-pyrrole nitrogens is 1. The van der Waals surface area contributed by atoms with Gasteiger partial charge in [0.25, 0.3) is 5.92 Å². The first-order valence-electron chi connectivity index (χ1n) is 8.70. The van der Waals surface area contributed by atoms with E-state index in [4.69, 9.17) is 0 Å². The highest BCUT2D eigenvalue weighted by molar-refractivity contribution is 5.64. The van der Waals surface area contributed by atoms with Crippen LogP contribution in [0.1, 0.15) is 23.4 Å². The van der Waals surface area contributed by atoms with Crippen LogP contribution in [0.25, 0.3) is 11.1 Å². The fraction of sp³-hybridized carbons (Fsp3) is 0.250. The number of rotatable bonds is 9. The zero-order chi connectivity index (χ0) is 19.1. The van der Waals surface area contributed by atoms with Crippen molar-refractivity contribution in [1.82, 2.24) is 25.9 Å². The lowest BCUT2D eigenvalue weighted by Crippen LogP contribution is -2.17. The Balaban J connectivity index is 1.55. The smallest absolute Gasteiger partial charge is 0.276 e. The number of hydrogen-bond acceptors (Lipinski definition) is 4. The van der Waals surface area contributed by atoms with Crippen LogP contribution in [0.3, 0.4) is 0 Å². The Morgan fingerprint density at radius 1 is 1.04 bits per heavy atom. The maximum Gasteiger partial charge on any atom is 0.276 e. The van der Waals surface area contributed by atoms with Crippen molar-refractivity contribution in [2.45, 2.75) is 25.3 Å². The van der Waals surface area contributed by atoms with E-state index in [0.717, 1.165) is 29.8 Å². The van der Waals surface area contributed by atoms with Crippen molar-refractivity contribution in [1.29, 1.82) is 0 Å². The molecule has 0 amide bonds. The van der Waals surface area contributed by atoms with E-state index in [1.54, 1.807) is 12.1 Å². The Morgan fingerprint density at radius 2 is 1.70 bits per heavy atom. The van der Waals surface area contributed by atoms with Gasteiger partial charge in [0.15, 0.2) is 5.82 Å². The van der Waals surface area contributed by atoms with E-state index in [1.807, 2.05) is 24.3 Å². The average molecular weight is 369 g/mol. The summed E-state index contributed by atoms with van der Waals surface area (Å²) in [5, 5.41) is 17.1. The van der Waals surface area contributed by atoms with E-state index in [-0.39, 0.29) is 12.0 Å². The predicted molar refractivity (Wildman–Crippen MR) is 100 cm³/mol. The molecular weight excluding hydrogens is 348 g/mol. The molecular formula is C20H21F2N5. The molecule has 0 aliphatic carbocycles. The SMILES string of the molecule is C=CCC(F)(F)c1ccc(-c2ccc(CNCCc3nn[nH]n3)cc2)cc1. The molecule has 5 nitrogen and oxygen atoms in total. The third-order valence-corrected chi connectivity index (χ3v) is 4.24. The third-order valence-electron chi connectivity index (χ3n) is 4.24. The maximum absolute atomic E-state index is 13.9. The van der Waals surface area contributed by atoms with Crippen LogP contribution >= 0.6 is 0 Å². The summed E-state index contributed by atoms with van der Waals surface area (Å²) in [7, 11) is 0. The van der Waals surface area contributed by atoms with Gasteiger partial charge in [-0.05, 0) is 16.7 Å². The Bertz CT molecular complexity index is 843. The minimum atomic E-state index is -2.88. The van der Waals surface area contributed by atoms with Crippen molar-refractivity contribution >= 4 is 0 Å². The van der Waals surface area contributed by atoms with Crippen molar-refractivity contribution in [2.24, 2.45) is 0 Å². The number of aromatic amines is 1. The fourth-order valence-corrected chi connectivity index (χ4v) is 2.74. The lowest BCUT2D eigenvalue weighted by molar-refractivity contribution is -0.000835. The van der Waals surface area contributed by atoms with E-state index >= 15 is 0 Å². The van der Waals surface area contributed by atoms with Gasteiger partial charge in [0.05, 0.1) is 0 Å². The molecule has 1 aromatic heterocycles. The topological polar surface area (TPSA) is 66.5 Å². The van der Waals surface area contributed by atoms with E-state index in [1.165, 1.54) is 18.2 Å². The van der Waals surface area contributed by atoms with E-state index < -0.39 is 5.92 Å². The van der Waals surface area contributed by atoms with Crippen LogP contribution in [0.15, 0.2) is 61.2 Å². The van der Waals surface area contributed by atoms with Gasteiger partial charge in [-0.1, -0.05) is 59.8 Å². The summed E-state index contributed by atoms with van der Waals surface area (Å²) in [5.41, 5.74) is 3.04. The van der Waals surface area contributed by atoms with Crippen molar-refractivity contribution in [2.75, 3.05) is 6.54 Å². The zero-order valence-electron chi connectivity index (χ0n) is 14.8. The predicted octanol–water partition coefficient (Wildman–Crippen LogP) is 3.87. The number of alkyl halides is 2.